The zero-order valence-corrected chi connectivity index (χ0v) is 30.4. The van der Waals surface area contributed by atoms with E-state index >= 15 is 0 Å². The molecule has 5 aromatic rings. The van der Waals surface area contributed by atoms with Crippen LogP contribution < -0.4 is 4.74 Å². The van der Waals surface area contributed by atoms with Gasteiger partial charge < -0.3 is 33.2 Å². The maximum absolute atomic E-state index is 12.4. The Morgan fingerprint density at radius 2 is 1.02 bits per heavy atom. The summed E-state index contributed by atoms with van der Waals surface area (Å²) in [6.07, 6.45) is -5.55. The van der Waals surface area contributed by atoms with Crippen molar-refractivity contribution in [3.63, 3.8) is 0 Å². The summed E-state index contributed by atoms with van der Waals surface area (Å²) < 4.78 is 43.5. The highest BCUT2D eigenvalue weighted by molar-refractivity contribution is 5.92. The smallest absolute Gasteiger partial charge is 0.338 e. The number of ether oxygens (including phenoxy) is 7. The normalized spacial score (nSPS) is 19.2. The van der Waals surface area contributed by atoms with Gasteiger partial charge in [-0.05, 0) is 22.3 Å². The Morgan fingerprint density at radius 1 is 0.607 bits per heavy atom. The van der Waals surface area contributed by atoms with Crippen LogP contribution in [0.15, 0.2) is 133 Å². The van der Waals surface area contributed by atoms with Gasteiger partial charge in [-0.2, -0.15) is 0 Å². The van der Waals surface area contributed by atoms with Gasteiger partial charge in [-0.25, -0.2) is 4.79 Å². The van der Waals surface area contributed by atoms with E-state index in [2.05, 4.69) is 0 Å². The molecule has 6 rings (SSSR count). The minimum Gasteiger partial charge on any atom is -0.465 e. The lowest BCUT2D eigenvalue weighted by Gasteiger charge is -2.45. The average Bonchev–Trinajstić information content (AvgIpc) is 3.23. The summed E-state index contributed by atoms with van der Waals surface area (Å²) in [6.45, 7) is 0.424. The topological polar surface area (TPSA) is 168 Å². The number of methoxy groups -OCH3 is 1. The first-order valence-electron chi connectivity index (χ1n) is 17.8. The minimum absolute atomic E-state index is 0.0198. The molecule has 0 saturated carbocycles. The first kappa shape index (κ1) is 39.7. The van der Waals surface area contributed by atoms with Crippen molar-refractivity contribution in [2.45, 2.75) is 57.1 Å². The highest BCUT2D eigenvalue weighted by atomic mass is 16.7. The second kappa shape index (κ2) is 19.5. The molecule has 1 aliphatic rings. The standard InChI is InChI=1S/C42H40N2O12/c1-50-41(45)33-22-34(43(46)47)37(35(23-33)44(48)49)56-42-40(54-27-32-20-12-5-13-21-32)39(53-26-31-18-10-4-11-19-31)38(52-25-30-16-8-3-9-17-30)36(55-42)28-51-24-29-14-6-2-7-15-29/h2-23,36,38-40,42H,24-28H2,1H3/t36-,38-,39+,40+,42-/m1/s1. The number of esters is 1. The maximum Gasteiger partial charge on any atom is 0.338 e. The number of nitro groups is 2. The molecule has 290 valence electrons. The van der Waals surface area contributed by atoms with E-state index in [4.69, 9.17) is 33.2 Å². The van der Waals surface area contributed by atoms with E-state index < -0.39 is 69.2 Å². The van der Waals surface area contributed by atoms with Gasteiger partial charge in [-0.3, -0.25) is 20.2 Å². The first-order chi connectivity index (χ1) is 27.3. The molecule has 0 spiro atoms. The van der Waals surface area contributed by atoms with Crippen LogP contribution in [0.5, 0.6) is 5.75 Å². The van der Waals surface area contributed by atoms with Crippen LogP contribution in [-0.2, 0) is 54.8 Å². The molecular formula is C42H40N2O12. The third-order valence-electron chi connectivity index (χ3n) is 8.94. The van der Waals surface area contributed by atoms with Gasteiger partial charge in [0.1, 0.15) is 24.4 Å². The molecule has 14 nitrogen and oxygen atoms in total. The predicted octanol–water partition coefficient (Wildman–Crippen LogP) is 7.37. The summed E-state index contributed by atoms with van der Waals surface area (Å²) in [5.41, 5.74) is 1.26. The molecule has 5 aromatic carbocycles. The molecule has 14 heteroatoms. The van der Waals surface area contributed by atoms with Gasteiger partial charge in [0.25, 0.3) is 5.75 Å². The molecule has 56 heavy (non-hydrogen) atoms. The lowest BCUT2D eigenvalue weighted by atomic mass is 9.97. The lowest BCUT2D eigenvalue weighted by Crippen LogP contribution is -2.62. The summed E-state index contributed by atoms with van der Waals surface area (Å²) >= 11 is 0. The summed E-state index contributed by atoms with van der Waals surface area (Å²) in [6, 6.07) is 39.3. The van der Waals surface area contributed by atoms with Crippen molar-refractivity contribution in [1.82, 2.24) is 0 Å². The molecule has 0 aliphatic carbocycles. The number of carbonyl (C=O) groups excluding carboxylic acids is 1. The molecule has 1 aliphatic heterocycles. The second-order valence-corrected chi connectivity index (χ2v) is 12.8. The molecule has 0 radical (unpaired) electrons. The van der Waals surface area contributed by atoms with Gasteiger partial charge in [0.2, 0.25) is 6.29 Å². The third kappa shape index (κ3) is 10.4. The van der Waals surface area contributed by atoms with E-state index in [9.17, 15) is 25.0 Å². The number of hydrogen-bond acceptors (Lipinski definition) is 12. The Labute approximate surface area is 322 Å². The second-order valence-electron chi connectivity index (χ2n) is 12.8. The monoisotopic (exact) mass is 764 g/mol. The van der Waals surface area contributed by atoms with E-state index in [1.165, 1.54) is 0 Å². The first-order valence-corrected chi connectivity index (χ1v) is 17.8. The highest BCUT2D eigenvalue weighted by Crippen LogP contribution is 2.41. The largest absolute Gasteiger partial charge is 0.465 e. The van der Waals surface area contributed by atoms with Crippen molar-refractivity contribution in [1.29, 1.82) is 0 Å². The van der Waals surface area contributed by atoms with Crippen LogP contribution in [0.1, 0.15) is 32.6 Å². The Balaban J connectivity index is 1.43. The minimum atomic E-state index is -1.55. The molecule has 0 bridgehead atoms. The van der Waals surface area contributed by atoms with Crippen LogP contribution in [0, 0.1) is 20.2 Å². The fourth-order valence-corrected chi connectivity index (χ4v) is 6.18. The fourth-order valence-electron chi connectivity index (χ4n) is 6.18. The number of benzene rings is 5. The van der Waals surface area contributed by atoms with E-state index in [-0.39, 0.29) is 33.0 Å². The predicted molar refractivity (Wildman–Crippen MR) is 202 cm³/mol. The van der Waals surface area contributed by atoms with Crippen molar-refractivity contribution in [2.75, 3.05) is 13.7 Å². The van der Waals surface area contributed by atoms with E-state index in [0.717, 1.165) is 41.5 Å². The van der Waals surface area contributed by atoms with Crippen molar-refractivity contribution < 1.29 is 47.8 Å². The molecule has 1 saturated heterocycles. The molecular weight excluding hydrogens is 724 g/mol. The Hall–Kier alpha value is -6.03. The molecule has 0 amide bonds. The molecule has 0 N–H and O–H groups in total. The lowest BCUT2D eigenvalue weighted by molar-refractivity contribution is -0.398. The number of hydrogen-bond donors (Lipinski definition) is 0. The van der Waals surface area contributed by atoms with Crippen LogP contribution >= 0.6 is 0 Å². The summed E-state index contributed by atoms with van der Waals surface area (Å²) in [4.78, 5) is 35.5. The number of rotatable bonds is 18. The number of nitrogens with zero attached hydrogens (tertiary/aromatic N) is 2. The van der Waals surface area contributed by atoms with Crippen LogP contribution in [0.25, 0.3) is 0 Å². The Morgan fingerprint density at radius 3 is 1.45 bits per heavy atom. The molecule has 0 unspecified atom stereocenters. The van der Waals surface area contributed by atoms with Gasteiger partial charge >= 0.3 is 17.3 Å². The molecule has 5 atom stereocenters. The van der Waals surface area contributed by atoms with Gasteiger partial charge in [-0.15, -0.1) is 0 Å². The SMILES string of the molecule is COC(=O)c1cc([N+](=O)[O-])c(O[C@H]2O[C@H](COCc3ccccc3)[C@@H](OCc3ccccc3)[C@H](OCc3ccccc3)[C@@H]2OCc2ccccc2)c([N+](=O)[O-])c1. The van der Waals surface area contributed by atoms with E-state index in [0.29, 0.717) is 0 Å². The summed E-state index contributed by atoms with van der Waals surface area (Å²) in [5.74, 6) is -1.76. The van der Waals surface area contributed by atoms with Crippen molar-refractivity contribution in [3.8, 4) is 5.75 Å². The quantitative estimate of drug-likeness (QED) is 0.0494. The van der Waals surface area contributed by atoms with Crippen molar-refractivity contribution in [3.05, 3.63) is 182 Å². The number of carbonyl (C=O) groups is 1. The van der Waals surface area contributed by atoms with Crippen molar-refractivity contribution >= 4 is 17.3 Å². The van der Waals surface area contributed by atoms with Crippen LogP contribution in [0.4, 0.5) is 11.4 Å². The zero-order chi connectivity index (χ0) is 39.3. The van der Waals surface area contributed by atoms with Gasteiger partial charge in [0, 0.05) is 12.1 Å². The van der Waals surface area contributed by atoms with Gasteiger partial charge in [-0.1, -0.05) is 121 Å². The van der Waals surface area contributed by atoms with Crippen LogP contribution in [0.2, 0.25) is 0 Å². The molecule has 0 aromatic heterocycles. The highest BCUT2D eigenvalue weighted by Gasteiger charge is 2.51. The zero-order valence-electron chi connectivity index (χ0n) is 30.4. The van der Waals surface area contributed by atoms with E-state index in [1.54, 1.807) is 0 Å². The maximum atomic E-state index is 12.4. The fraction of sp³-hybridized carbons (Fsp3) is 0.262. The Kier molecular flexibility index (Phi) is 13.8. The van der Waals surface area contributed by atoms with Crippen LogP contribution in [-0.4, -0.2) is 60.2 Å². The number of nitro benzene ring substituents is 2. The van der Waals surface area contributed by atoms with Crippen molar-refractivity contribution in [2.24, 2.45) is 0 Å². The third-order valence-corrected chi connectivity index (χ3v) is 8.94. The van der Waals surface area contributed by atoms with Crippen LogP contribution in [0.3, 0.4) is 0 Å². The average molecular weight is 765 g/mol. The van der Waals surface area contributed by atoms with E-state index in [1.807, 2.05) is 121 Å². The summed E-state index contributed by atoms with van der Waals surface area (Å²) in [7, 11) is 1.06. The van der Waals surface area contributed by atoms with Gasteiger partial charge in [0.05, 0.1) is 55.6 Å². The summed E-state index contributed by atoms with van der Waals surface area (Å²) in [5, 5.41) is 24.9. The Bertz CT molecular complexity index is 2000. The van der Waals surface area contributed by atoms with Gasteiger partial charge in [0.15, 0.2) is 0 Å². The molecule has 1 fully saturated rings. The molecule has 1 heterocycles.